The first kappa shape index (κ1) is 60.1. The molecule has 0 unspecified atom stereocenters. The van der Waals surface area contributed by atoms with Crippen LogP contribution in [-0.4, -0.2) is 129 Å². The maximum Gasteiger partial charge on any atom is 4.00 e. The Labute approximate surface area is 271 Å². The minimum Gasteiger partial charge on any atom is -0.741 e. The minimum absolute atomic E-state index is 0. The second-order valence-electron chi connectivity index (χ2n) is 5.57. The SMILES string of the molecule is COCCOC.COCCOC.O=S(=O)([O-])C(F)(F)F.O=S(=O)([O-])C(F)(F)F.O=S(=O)([O-])C(F)(F)F.O=S(=O)([O-])C(F)(F)F.[U+4]. The Morgan fingerprint density at radius 2 is 0.444 bits per heavy atom. The first-order valence-electron chi connectivity index (χ1n) is 8.87. The number of halogens is 12. The van der Waals surface area contributed by atoms with E-state index in [1.165, 1.54) is 0 Å². The van der Waals surface area contributed by atoms with Gasteiger partial charge >= 0.3 is 53.1 Å². The van der Waals surface area contributed by atoms with Crippen molar-refractivity contribution in [1.29, 1.82) is 0 Å². The molecule has 0 amide bonds. The largest absolute Gasteiger partial charge is 4.00 e. The van der Waals surface area contributed by atoms with E-state index >= 15 is 0 Å². The van der Waals surface area contributed by atoms with Gasteiger partial charge in [-0.3, -0.25) is 0 Å². The van der Waals surface area contributed by atoms with E-state index in [-0.39, 0.29) is 31.1 Å². The van der Waals surface area contributed by atoms with Gasteiger partial charge in [-0.05, 0) is 0 Å². The van der Waals surface area contributed by atoms with Gasteiger partial charge in [-0.1, -0.05) is 0 Å². The number of methoxy groups -OCH3 is 4. The third-order valence-electron chi connectivity index (χ3n) is 2.12. The van der Waals surface area contributed by atoms with Crippen molar-refractivity contribution in [2.24, 2.45) is 0 Å². The Morgan fingerprint density at radius 3 is 0.467 bits per heavy atom. The molecule has 0 aliphatic heterocycles. The molecular weight excluding hydrogens is 994 g/mol. The van der Waals surface area contributed by atoms with Crippen molar-refractivity contribution >= 4 is 40.5 Å². The van der Waals surface area contributed by atoms with Gasteiger partial charge in [-0.2, -0.15) is 52.7 Å². The van der Waals surface area contributed by atoms with Gasteiger partial charge in [0, 0.05) is 28.4 Å². The molecule has 0 aromatic heterocycles. The predicted molar refractivity (Wildman–Crippen MR) is 111 cm³/mol. The average Bonchev–Trinajstić information content (AvgIpc) is 2.73. The molecule has 33 heteroatoms. The summed E-state index contributed by atoms with van der Waals surface area (Å²) >= 11 is 0. The summed E-state index contributed by atoms with van der Waals surface area (Å²) in [6, 6.07) is 0. The Kier molecular flexibility index (Phi) is 34.3. The Bertz CT molecular complexity index is 963. The first-order chi connectivity index (χ1) is 18.8. The fraction of sp³-hybridized carbons (Fsp3) is 1.00. The zero-order chi connectivity index (χ0) is 37.7. The van der Waals surface area contributed by atoms with Gasteiger partial charge in [-0.15, -0.1) is 0 Å². The maximum atomic E-state index is 10.7. The molecule has 0 radical (unpaired) electrons. The van der Waals surface area contributed by atoms with Crippen LogP contribution >= 0.6 is 0 Å². The van der Waals surface area contributed by atoms with Crippen LogP contribution in [0.3, 0.4) is 0 Å². The Morgan fingerprint density at radius 1 is 0.378 bits per heavy atom. The molecule has 276 valence electrons. The summed E-state index contributed by atoms with van der Waals surface area (Å²) in [5, 5.41) is 0. The molecule has 0 rings (SSSR count). The summed E-state index contributed by atoms with van der Waals surface area (Å²) in [4.78, 5) is 0. The molecule has 0 aromatic rings. The van der Waals surface area contributed by atoms with Crippen LogP contribution in [0.25, 0.3) is 0 Å². The van der Waals surface area contributed by atoms with E-state index in [1.54, 1.807) is 28.4 Å². The topological polar surface area (TPSA) is 266 Å². The predicted octanol–water partition coefficient (Wildman–Crippen LogP) is 0.764. The van der Waals surface area contributed by atoms with E-state index in [9.17, 15) is 52.7 Å². The molecule has 0 fully saturated rings. The quantitative estimate of drug-likeness (QED) is 0.154. The number of hydrogen-bond donors (Lipinski definition) is 0. The number of alkyl halides is 12. The van der Waals surface area contributed by atoms with Gasteiger partial charge in [0.25, 0.3) is 0 Å². The standard InChI is InChI=1S/2C4H10O2.4CHF3O3S.U/c2*1-5-3-4-6-2;4*2-1(3,4)8(5,6)7;/h2*3-4H2,1-2H3;4*(H,5,6,7);/q;;;;;;+4/p-4. The monoisotopic (exact) mass is 1010 g/mol. The summed E-state index contributed by atoms with van der Waals surface area (Å²) in [6.07, 6.45) is 0. The van der Waals surface area contributed by atoms with Gasteiger partial charge in [0.15, 0.2) is 40.5 Å². The molecule has 0 aromatic carbocycles. The van der Waals surface area contributed by atoms with Crippen molar-refractivity contribution in [3.05, 3.63) is 0 Å². The molecule has 0 spiro atoms. The summed E-state index contributed by atoms with van der Waals surface area (Å²) in [7, 11) is -17.8. The molecule has 0 N–H and O–H groups in total. The van der Waals surface area contributed by atoms with Crippen LogP contribution in [0.15, 0.2) is 0 Å². The van der Waals surface area contributed by atoms with E-state index in [2.05, 4.69) is 18.9 Å². The first-order valence-corrected chi connectivity index (χ1v) is 14.5. The number of ether oxygens (including phenoxy) is 4. The fourth-order valence-corrected chi connectivity index (χ4v) is 0.333. The van der Waals surface area contributed by atoms with Crippen LogP contribution in [0.1, 0.15) is 0 Å². The van der Waals surface area contributed by atoms with Gasteiger partial charge in [-0.25, -0.2) is 33.7 Å². The molecule has 0 saturated carbocycles. The van der Waals surface area contributed by atoms with Crippen LogP contribution < -0.4 is 0 Å². The van der Waals surface area contributed by atoms with Crippen LogP contribution in [0, 0.1) is 31.1 Å². The zero-order valence-corrected chi connectivity index (χ0v) is 29.5. The van der Waals surface area contributed by atoms with Gasteiger partial charge in [0.05, 0.1) is 26.4 Å². The van der Waals surface area contributed by atoms with Crippen molar-refractivity contribution in [2.45, 2.75) is 22.0 Å². The zero-order valence-electron chi connectivity index (χ0n) is 22.0. The number of rotatable bonds is 6. The van der Waals surface area contributed by atoms with Crippen molar-refractivity contribution in [3.8, 4) is 0 Å². The summed E-state index contributed by atoms with van der Waals surface area (Å²) in [6.45, 7) is 2.76. The van der Waals surface area contributed by atoms with E-state index in [1.807, 2.05) is 0 Å². The van der Waals surface area contributed by atoms with Crippen molar-refractivity contribution in [1.82, 2.24) is 0 Å². The van der Waals surface area contributed by atoms with Gasteiger partial charge in [0.1, 0.15) is 0 Å². The molecule has 45 heavy (non-hydrogen) atoms. The van der Waals surface area contributed by atoms with E-state index in [0.29, 0.717) is 26.4 Å². The molecule has 16 nitrogen and oxygen atoms in total. The van der Waals surface area contributed by atoms with Gasteiger partial charge in [0.2, 0.25) is 0 Å². The molecule has 0 aliphatic carbocycles. The Balaban J connectivity index is -0.0000000770. The van der Waals surface area contributed by atoms with E-state index in [4.69, 9.17) is 51.9 Å². The van der Waals surface area contributed by atoms with Crippen LogP contribution in [0.5, 0.6) is 0 Å². The smallest absolute Gasteiger partial charge is 0.741 e. The molecule has 0 atom stereocenters. The molecule has 0 heterocycles. The van der Waals surface area contributed by atoms with E-state index in [0.717, 1.165) is 0 Å². The number of hydrogen-bond acceptors (Lipinski definition) is 16. The van der Waals surface area contributed by atoms with Crippen molar-refractivity contribution in [2.75, 3.05) is 54.9 Å². The van der Waals surface area contributed by atoms with E-state index < -0.39 is 62.5 Å². The van der Waals surface area contributed by atoms with Crippen LogP contribution in [0.2, 0.25) is 0 Å². The van der Waals surface area contributed by atoms with Crippen molar-refractivity contribution in [3.63, 3.8) is 0 Å². The minimum atomic E-state index is -6.09. The second-order valence-corrected chi connectivity index (χ2v) is 11.1. The normalized spacial score (nSPS) is 12.4. The molecule has 0 aliphatic rings. The average molecular weight is 1010 g/mol. The van der Waals surface area contributed by atoms with Crippen LogP contribution in [-0.2, 0) is 59.4 Å². The summed E-state index contributed by atoms with van der Waals surface area (Å²) in [5.41, 5.74) is -22.6. The van der Waals surface area contributed by atoms with Crippen molar-refractivity contribution < 1.29 is 155 Å². The summed E-state index contributed by atoms with van der Waals surface area (Å²) < 4.78 is 254. The summed E-state index contributed by atoms with van der Waals surface area (Å²) in [5.74, 6) is 0. The maximum absolute atomic E-state index is 10.7. The third-order valence-corrected chi connectivity index (χ3v) is 4.38. The molecular formula is C12H20F12O16S4U. The molecule has 0 saturated heterocycles. The second kappa shape index (κ2) is 25.7. The Hall–Kier alpha value is -0.308. The third kappa shape index (κ3) is 43.7. The van der Waals surface area contributed by atoms with Crippen LogP contribution in [0.4, 0.5) is 52.7 Å². The van der Waals surface area contributed by atoms with Gasteiger partial charge < -0.3 is 37.2 Å². The fourth-order valence-electron chi connectivity index (χ4n) is 0.333. The molecule has 0 bridgehead atoms.